The van der Waals surface area contributed by atoms with Crippen LogP contribution >= 0.6 is 0 Å². The highest BCUT2D eigenvalue weighted by molar-refractivity contribution is 5.94. The van der Waals surface area contributed by atoms with Crippen LogP contribution in [0.15, 0.2) is 48.5 Å². The van der Waals surface area contributed by atoms with Crippen LogP contribution in [0.5, 0.6) is 11.5 Å². The van der Waals surface area contributed by atoms with Gasteiger partial charge in [-0.3, -0.25) is 9.59 Å². The zero-order chi connectivity index (χ0) is 21.0. The Balaban J connectivity index is 1.69. The van der Waals surface area contributed by atoms with E-state index >= 15 is 0 Å². The third kappa shape index (κ3) is 5.07. The van der Waals surface area contributed by atoms with E-state index in [1.165, 1.54) is 25.3 Å². The fourth-order valence-corrected chi connectivity index (χ4v) is 3.23. The Labute approximate surface area is 166 Å². The number of esters is 1. The summed E-state index contributed by atoms with van der Waals surface area (Å²) in [4.78, 5) is 26.0. The second-order valence-corrected chi connectivity index (χ2v) is 6.75. The predicted molar refractivity (Wildman–Crippen MR) is 98.6 cm³/mol. The van der Waals surface area contributed by atoms with Crippen LogP contribution in [0.4, 0.5) is 13.2 Å². The quantitative estimate of drug-likeness (QED) is 0.700. The summed E-state index contributed by atoms with van der Waals surface area (Å²) in [6.07, 6.45) is -3.41. The molecular formula is C21H20F3NO4. The molecule has 0 aromatic heterocycles. The number of nitrogens with zero attached hydrogens (tertiary/aromatic N) is 1. The average molecular weight is 407 g/mol. The molecule has 0 N–H and O–H groups in total. The SMILES string of the molecule is COC(=O)C1CCN(C(=O)c2cccc(Oc3cccc(C(F)(F)F)c3)c2)CC1. The average Bonchev–Trinajstić information content (AvgIpc) is 2.72. The van der Waals surface area contributed by atoms with Crippen molar-refractivity contribution in [3.63, 3.8) is 0 Å². The summed E-state index contributed by atoms with van der Waals surface area (Å²) in [7, 11) is 1.34. The molecule has 154 valence electrons. The lowest BCUT2D eigenvalue weighted by Gasteiger charge is -2.30. The zero-order valence-corrected chi connectivity index (χ0v) is 15.7. The summed E-state index contributed by atoms with van der Waals surface area (Å²) in [5, 5.41) is 0. The first kappa shape index (κ1) is 20.7. The molecule has 0 atom stereocenters. The molecule has 1 heterocycles. The van der Waals surface area contributed by atoms with E-state index in [4.69, 9.17) is 9.47 Å². The van der Waals surface area contributed by atoms with Crippen molar-refractivity contribution in [2.45, 2.75) is 19.0 Å². The Morgan fingerprint density at radius 2 is 1.62 bits per heavy atom. The van der Waals surface area contributed by atoms with E-state index in [1.807, 2.05) is 0 Å². The number of piperidine rings is 1. The molecule has 0 spiro atoms. The zero-order valence-electron chi connectivity index (χ0n) is 15.7. The Bertz CT molecular complexity index is 889. The van der Waals surface area contributed by atoms with Crippen molar-refractivity contribution >= 4 is 11.9 Å². The van der Waals surface area contributed by atoms with Gasteiger partial charge in [-0.1, -0.05) is 12.1 Å². The molecular weight excluding hydrogens is 387 g/mol. The van der Waals surface area contributed by atoms with Crippen LogP contribution in [0.3, 0.4) is 0 Å². The van der Waals surface area contributed by atoms with Crippen molar-refractivity contribution in [1.29, 1.82) is 0 Å². The first-order valence-corrected chi connectivity index (χ1v) is 9.10. The molecule has 1 aliphatic heterocycles. The van der Waals surface area contributed by atoms with Crippen molar-refractivity contribution in [2.24, 2.45) is 5.92 Å². The van der Waals surface area contributed by atoms with E-state index in [0.29, 0.717) is 31.5 Å². The number of methoxy groups -OCH3 is 1. The van der Waals surface area contributed by atoms with Gasteiger partial charge in [-0.15, -0.1) is 0 Å². The monoisotopic (exact) mass is 407 g/mol. The van der Waals surface area contributed by atoms with Crippen molar-refractivity contribution in [1.82, 2.24) is 4.90 Å². The Morgan fingerprint density at radius 3 is 2.24 bits per heavy atom. The molecule has 0 unspecified atom stereocenters. The van der Waals surface area contributed by atoms with Crippen LogP contribution in [0.25, 0.3) is 0 Å². The molecule has 1 fully saturated rings. The molecule has 0 aliphatic carbocycles. The summed E-state index contributed by atoms with van der Waals surface area (Å²) in [5.41, 5.74) is -0.443. The molecule has 2 aromatic rings. The third-order valence-corrected chi connectivity index (χ3v) is 4.79. The van der Waals surface area contributed by atoms with Crippen LogP contribution in [0.2, 0.25) is 0 Å². The molecule has 5 nitrogen and oxygen atoms in total. The van der Waals surface area contributed by atoms with Gasteiger partial charge in [0, 0.05) is 18.7 Å². The number of hydrogen-bond donors (Lipinski definition) is 0. The van der Waals surface area contributed by atoms with Gasteiger partial charge in [0.05, 0.1) is 18.6 Å². The molecule has 0 saturated carbocycles. The van der Waals surface area contributed by atoms with Crippen LogP contribution in [-0.4, -0.2) is 37.0 Å². The molecule has 0 bridgehead atoms. The van der Waals surface area contributed by atoms with E-state index < -0.39 is 11.7 Å². The molecule has 1 amide bonds. The second kappa shape index (κ2) is 8.55. The predicted octanol–water partition coefficient (Wildman–Crippen LogP) is 4.52. The number of carbonyl (C=O) groups excluding carboxylic acids is 2. The largest absolute Gasteiger partial charge is 0.469 e. The van der Waals surface area contributed by atoms with E-state index in [0.717, 1.165) is 12.1 Å². The molecule has 8 heteroatoms. The minimum Gasteiger partial charge on any atom is -0.469 e. The number of ether oxygens (including phenoxy) is 2. The van der Waals surface area contributed by atoms with Gasteiger partial charge in [-0.05, 0) is 49.2 Å². The van der Waals surface area contributed by atoms with Gasteiger partial charge in [0.2, 0.25) is 0 Å². The van der Waals surface area contributed by atoms with Crippen molar-refractivity contribution in [3.8, 4) is 11.5 Å². The van der Waals surface area contributed by atoms with E-state index in [1.54, 1.807) is 23.1 Å². The van der Waals surface area contributed by atoms with E-state index in [-0.39, 0.29) is 29.3 Å². The standard InChI is InChI=1S/C21H20F3NO4/c1-28-20(27)14-8-10-25(11-9-14)19(26)15-4-2-6-17(12-15)29-18-7-3-5-16(13-18)21(22,23)24/h2-7,12-14H,8-11H2,1H3. The summed E-state index contributed by atoms with van der Waals surface area (Å²) in [6, 6.07) is 10.8. The maximum atomic E-state index is 12.8. The smallest absolute Gasteiger partial charge is 0.416 e. The summed E-state index contributed by atoms with van der Waals surface area (Å²) in [6.45, 7) is 0.856. The summed E-state index contributed by atoms with van der Waals surface area (Å²) >= 11 is 0. The van der Waals surface area contributed by atoms with Crippen LogP contribution in [0.1, 0.15) is 28.8 Å². The van der Waals surface area contributed by atoms with E-state index in [9.17, 15) is 22.8 Å². The highest BCUT2D eigenvalue weighted by Gasteiger charge is 2.31. The molecule has 1 aliphatic rings. The number of rotatable bonds is 4. The molecule has 29 heavy (non-hydrogen) atoms. The van der Waals surface area contributed by atoms with Gasteiger partial charge in [0.15, 0.2) is 0 Å². The van der Waals surface area contributed by atoms with Gasteiger partial charge in [-0.25, -0.2) is 0 Å². The van der Waals surface area contributed by atoms with E-state index in [2.05, 4.69) is 0 Å². The first-order chi connectivity index (χ1) is 13.8. The molecule has 0 radical (unpaired) electrons. The molecule has 3 rings (SSSR count). The maximum Gasteiger partial charge on any atom is 0.416 e. The first-order valence-electron chi connectivity index (χ1n) is 9.10. The van der Waals surface area contributed by atoms with Crippen LogP contribution < -0.4 is 4.74 Å². The van der Waals surface area contributed by atoms with Gasteiger partial charge in [-0.2, -0.15) is 13.2 Å². The number of halogens is 3. The lowest BCUT2D eigenvalue weighted by atomic mass is 9.96. The summed E-state index contributed by atoms with van der Waals surface area (Å²) in [5.74, 6) is -0.404. The van der Waals surface area contributed by atoms with Gasteiger partial charge < -0.3 is 14.4 Å². The lowest BCUT2D eigenvalue weighted by Crippen LogP contribution is -2.40. The minimum atomic E-state index is -4.46. The number of hydrogen-bond acceptors (Lipinski definition) is 4. The number of amides is 1. The second-order valence-electron chi connectivity index (χ2n) is 6.75. The highest BCUT2D eigenvalue weighted by atomic mass is 19.4. The van der Waals surface area contributed by atoms with Crippen molar-refractivity contribution in [3.05, 3.63) is 59.7 Å². The topological polar surface area (TPSA) is 55.8 Å². The number of likely N-dealkylation sites (tertiary alicyclic amines) is 1. The van der Waals surface area contributed by atoms with Gasteiger partial charge in [0.1, 0.15) is 11.5 Å². The van der Waals surface area contributed by atoms with Gasteiger partial charge in [0.25, 0.3) is 5.91 Å². The Kier molecular flexibility index (Phi) is 6.10. The highest BCUT2D eigenvalue weighted by Crippen LogP contribution is 2.33. The molecule has 2 aromatic carbocycles. The fourth-order valence-electron chi connectivity index (χ4n) is 3.23. The van der Waals surface area contributed by atoms with Gasteiger partial charge >= 0.3 is 12.1 Å². The van der Waals surface area contributed by atoms with Crippen molar-refractivity contribution in [2.75, 3.05) is 20.2 Å². The number of alkyl halides is 3. The van der Waals surface area contributed by atoms with Crippen LogP contribution in [0, 0.1) is 5.92 Å². The van der Waals surface area contributed by atoms with Crippen molar-refractivity contribution < 1.29 is 32.2 Å². The lowest BCUT2D eigenvalue weighted by molar-refractivity contribution is -0.146. The van der Waals surface area contributed by atoms with Crippen LogP contribution in [-0.2, 0) is 15.7 Å². The summed E-state index contributed by atoms with van der Waals surface area (Å²) < 4.78 is 48.8. The fraction of sp³-hybridized carbons (Fsp3) is 0.333. The number of carbonyl (C=O) groups is 2. The Hall–Kier alpha value is -3.03. The maximum absolute atomic E-state index is 12.8. The number of benzene rings is 2. The third-order valence-electron chi connectivity index (χ3n) is 4.79. The Morgan fingerprint density at radius 1 is 1.00 bits per heavy atom. The normalized spacial score (nSPS) is 15.1. The minimum absolute atomic E-state index is 0.0308. The molecule has 1 saturated heterocycles.